The number of thiazole rings is 1. The van der Waals surface area contributed by atoms with Crippen molar-refractivity contribution < 1.29 is 4.79 Å². The van der Waals surface area contributed by atoms with E-state index in [-0.39, 0.29) is 11.3 Å². The minimum absolute atomic E-state index is 0.0269. The highest BCUT2D eigenvalue weighted by Crippen LogP contribution is 2.42. The van der Waals surface area contributed by atoms with Gasteiger partial charge in [-0.3, -0.25) is 14.2 Å². The van der Waals surface area contributed by atoms with Gasteiger partial charge in [0.05, 0.1) is 4.53 Å². The van der Waals surface area contributed by atoms with E-state index in [9.17, 15) is 9.59 Å². The van der Waals surface area contributed by atoms with E-state index in [4.69, 9.17) is 0 Å². The maximum Gasteiger partial charge on any atom is 0.268 e. The molecule has 0 bridgehead atoms. The average Bonchev–Trinajstić information content (AvgIpc) is 2.83. The van der Waals surface area contributed by atoms with E-state index < -0.39 is 5.41 Å². The third-order valence-corrected chi connectivity index (χ3v) is 5.21. The zero-order valence-electron chi connectivity index (χ0n) is 12.4. The Bertz CT molecular complexity index is 915. The monoisotopic (exact) mass is 299 g/mol. The Morgan fingerprint density at radius 3 is 2.52 bits per heavy atom. The van der Waals surface area contributed by atoms with Crippen LogP contribution >= 0.6 is 11.3 Å². The summed E-state index contributed by atoms with van der Waals surface area (Å²) < 4.78 is 2.89. The number of hydrogen-bond acceptors (Lipinski definition) is 3. The molecule has 1 aliphatic carbocycles. The topological polar surface area (TPSA) is 39.1 Å². The summed E-state index contributed by atoms with van der Waals surface area (Å²) in [5.74, 6) is 0.0269. The lowest BCUT2D eigenvalue weighted by atomic mass is 9.83. The molecule has 0 saturated heterocycles. The molecule has 0 fully saturated rings. The highest BCUT2D eigenvalue weighted by Gasteiger charge is 2.42. The highest BCUT2D eigenvalue weighted by molar-refractivity contribution is 7.07. The highest BCUT2D eigenvalue weighted by atomic mass is 32.1. The number of Topliss-reactive ketones (excluding diaryl/α,β-unsaturated/α-hetero) is 1. The van der Waals surface area contributed by atoms with Gasteiger partial charge in [0.25, 0.3) is 5.56 Å². The lowest BCUT2D eigenvalue weighted by Gasteiger charge is -2.20. The standard InChI is InChI=1S/C17H17NO2S/c1-5-18-15(20)10(2)21-16(18)13-14(19)11-8-6-7-9-12(11)17(13,3)4/h6-9H,2,5H2,1,3-4H3/b16-13+. The van der Waals surface area contributed by atoms with Crippen LogP contribution in [0.4, 0.5) is 0 Å². The van der Waals surface area contributed by atoms with E-state index in [1.54, 1.807) is 4.57 Å². The smallest absolute Gasteiger partial charge is 0.268 e. The van der Waals surface area contributed by atoms with Crippen LogP contribution in [0.1, 0.15) is 36.7 Å². The summed E-state index contributed by atoms with van der Waals surface area (Å²) >= 11 is 1.32. The van der Waals surface area contributed by atoms with Gasteiger partial charge in [-0.2, -0.15) is 0 Å². The second-order valence-electron chi connectivity index (χ2n) is 5.75. The fraction of sp³-hybridized carbons (Fsp3) is 0.294. The summed E-state index contributed by atoms with van der Waals surface area (Å²) in [7, 11) is 0. The first-order chi connectivity index (χ1) is 9.89. The molecule has 1 aromatic carbocycles. The Balaban J connectivity index is 2.49. The number of hydrogen-bond donors (Lipinski definition) is 0. The molecule has 0 N–H and O–H groups in total. The summed E-state index contributed by atoms with van der Waals surface area (Å²) in [5, 5.41) is 0. The SMILES string of the molecule is C=c1s/c(=C2\C(=O)c3ccccc3C2(C)C)n(CC)c1=O. The van der Waals surface area contributed by atoms with Gasteiger partial charge in [0.15, 0.2) is 5.78 Å². The molecule has 0 unspecified atom stereocenters. The fourth-order valence-corrected chi connectivity index (χ4v) is 4.28. The summed E-state index contributed by atoms with van der Waals surface area (Å²) in [6, 6.07) is 7.68. The van der Waals surface area contributed by atoms with Gasteiger partial charge in [-0.1, -0.05) is 44.7 Å². The number of fused-ring (bicyclic) bond motifs is 1. The third-order valence-electron chi connectivity index (χ3n) is 4.18. The first kappa shape index (κ1) is 14.0. The molecule has 0 spiro atoms. The third kappa shape index (κ3) is 1.79. The number of carbonyl (C=O) groups excluding carboxylic acids is 1. The van der Waals surface area contributed by atoms with Gasteiger partial charge in [-0.05, 0) is 12.5 Å². The Morgan fingerprint density at radius 1 is 1.24 bits per heavy atom. The number of benzene rings is 1. The molecule has 3 nitrogen and oxygen atoms in total. The van der Waals surface area contributed by atoms with Crippen LogP contribution in [0.25, 0.3) is 12.2 Å². The van der Waals surface area contributed by atoms with E-state index >= 15 is 0 Å². The molecule has 1 heterocycles. The summed E-state index contributed by atoms with van der Waals surface area (Å²) in [6.45, 7) is 10.3. The molecule has 108 valence electrons. The minimum atomic E-state index is -0.395. The average molecular weight is 299 g/mol. The number of rotatable bonds is 1. The van der Waals surface area contributed by atoms with E-state index in [1.165, 1.54) is 11.3 Å². The fourth-order valence-electron chi connectivity index (χ4n) is 3.08. The number of aromatic nitrogens is 1. The van der Waals surface area contributed by atoms with Crippen LogP contribution in [-0.2, 0) is 12.0 Å². The summed E-state index contributed by atoms with van der Waals surface area (Å²) in [5.41, 5.74) is 1.99. The van der Waals surface area contributed by atoms with Crippen molar-refractivity contribution in [3.8, 4) is 0 Å². The van der Waals surface area contributed by atoms with Crippen LogP contribution in [0.5, 0.6) is 0 Å². The van der Waals surface area contributed by atoms with Crippen LogP contribution in [0.3, 0.4) is 0 Å². The maximum atomic E-state index is 12.8. The lowest BCUT2D eigenvalue weighted by molar-refractivity contribution is 0.105. The summed E-state index contributed by atoms with van der Waals surface area (Å²) in [4.78, 5) is 25.0. The molecule has 1 aromatic heterocycles. The number of carbonyl (C=O) groups is 1. The Kier molecular flexibility index (Phi) is 3.02. The Morgan fingerprint density at radius 2 is 1.90 bits per heavy atom. The normalized spacial score (nSPS) is 18.9. The van der Waals surface area contributed by atoms with Crippen molar-refractivity contribution in [2.45, 2.75) is 32.7 Å². The quantitative estimate of drug-likeness (QED) is 0.803. The van der Waals surface area contributed by atoms with Crippen molar-refractivity contribution in [3.05, 3.63) is 54.9 Å². The maximum absolute atomic E-state index is 12.8. The van der Waals surface area contributed by atoms with Crippen molar-refractivity contribution in [1.29, 1.82) is 0 Å². The molecule has 0 atom stereocenters. The van der Waals surface area contributed by atoms with Crippen molar-refractivity contribution in [3.63, 3.8) is 0 Å². The van der Waals surface area contributed by atoms with Crippen molar-refractivity contribution in [2.24, 2.45) is 0 Å². The van der Waals surface area contributed by atoms with E-state index in [0.29, 0.717) is 16.7 Å². The molecule has 21 heavy (non-hydrogen) atoms. The first-order valence-electron chi connectivity index (χ1n) is 6.97. The second-order valence-corrected chi connectivity index (χ2v) is 6.84. The molecule has 0 radical (unpaired) electrons. The van der Waals surface area contributed by atoms with Gasteiger partial charge in [-0.25, -0.2) is 0 Å². The first-order valence-corrected chi connectivity index (χ1v) is 7.78. The predicted molar refractivity (Wildman–Crippen MR) is 86.2 cm³/mol. The zero-order chi connectivity index (χ0) is 15.4. The van der Waals surface area contributed by atoms with Crippen LogP contribution in [-0.4, -0.2) is 10.4 Å². The second kappa shape index (κ2) is 4.53. The molecule has 0 amide bonds. The van der Waals surface area contributed by atoms with Crippen LogP contribution < -0.4 is 14.8 Å². The van der Waals surface area contributed by atoms with Crippen molar-refractivity contribution in [2.75, 3.05) is 0 Å². The minimum Gasteiger partial charge on any atom is -0.299 e. The molecular weight excluding hydrogens is 282 g/mol. The van der Waals surface area contributed by atoms with Crippen LogP contribution in [0, 0.1) is 0 Å². The summed E-state index contributed by atoms with van der Waals surface area (Å²) in [6.07, 6.45) is 0. The molecule has 3 rings (SSSR count). The molecule has 4 heteroatoms. The van der Waals surface area contributed by atoms with Gasteiger partial charge in [-0.15, -0.1) is 11.3 Å². The van der Waals surface area contributed by atoms with Gasteiger partial charge in [0.2, 0.25) is 0 Å². The van der Waals surface area contributed by atoms with Crippen molar-refractivity contribution in [1.82, 2.24) is 4.57 Å². The van der Waals surface area contributed by atoms with Crippen LogP contribution in [0.2, 0.25) is 0 Å². The molecule has 0 saturated carbocycles. The molecule has 1 aliphatic rings. The van der Waals surface area contributed by atoms with Gasteiger partial charge in [0.1, 0.15) is 4.66 Å². The van der Waals surface area contributed by atoms with Crippen LogP contribution in [0.15, 0.2) is 29.1 Å². The molecular formula is C17H17NO2S. The largest absolute Gasteiger partial charge is 0.299 e. The van der Waals surface area contributed by atoms with Gasteiger partial charge < -0.3 is 0 Å². The number of nitrogens with zero attached hydrogens (tertiary/aromatic N) is 1. The number of ketones is 1. The van der Waals surface area contributed by atoms with Gasteiger partial charge in [0, 0.05) is 23.1 Å². The van der Waals surface area contributed by atoms with E-state index in [2.05, 4.69) is 6.58 Å². The Labute approximate surface area is 126 Å². The molecule has 0 aliphatic heterocycles. The van der Waals surface area contributed by atoms with Gasteiger partial charge >= 0.3 is 0 Å². The van der Waals surface area contributed by atoms with E-state index in [1.807, 2.05) is 45.0 Å². The Hall–Kier alpha value is -1.94. The molecule has 2 aromatic rings. The predicted octanol–water partition coefficient (Wildman–Crippen LogP) is 1.66. The zero-order valence-corrected chi connectivity index (χ0v) is 13.2. The van der Waals surface area contributed by atoms with Crippen molar-refractivity contribution >= 4 is 29.3 Å². The lowest BCUT2D eigenvalue weighted by Crippen LogP contribution is -2.34. The van der Waals surface area contributed by atoms with E-state index in [0.717, 1.165) is 15.8 Å².